The molecule has 2 aromatic rings. The van der Waals surface area contributed by atoms with Crippen LogP contribution in [0.15, 0.2) is 29.4 Å². The van der Waals surface area contributed by atoms with Crippen molar-refractivity contribution in [1.82, 2.24) is 20.0 Å². The molecule has 4 heterocycles. The van der Waals surface area contributed by atoms with Crippen LogP contribution >= 0.6 is 11.8 Å². The first-order valence-corrected chi connectivity index (χ1v) is 10.2. The van der Waals surface area contributed by atoms with Crippen molar-refractivity contribution in [3.8, 4) is 0 Å². The molecular weight excluding hydrogens is 348 g/mol. The monoisotopic (exact) mass is 372 g/mol. The van der Waals surface area contributed by atoms with Gasteiger partial charge in [-0.15, -0.1) is 11.8 Å². The van der Waals surface area contributed by atoms with E-state index >= 15 is 0 Å². The number of ether oxygens (including phenoxy) is 1. The van der Waals surface area contributed by atoms with Crippen molar-refractivity contribution in [2.75, 3.05) is 26.3 Å². The highest BCUT2D eigenvalue weighted by atomic mass is 32.2. The van der Waals surface area contributed by atoms with Crippen LogP contribution in [0.5, 0.6) is 0 Å². The Labute approximate surface area is 157 Å². The molecule has 2 aliphatic heterocycles. The Hall–Kier alpha value is -1.57. The Morgan fingerprint density at radius 3 is 2.85 bits per heavy atom. The van der Waals surface area contributed by atoms with Gasteiger partial charge >= 0.3 is 0 Å². The summed E-state index contributed by atoms with van der Waals surface area (Å²) in [5, 5.41) is 7.12. The maximum Gasteiger partial charge on any atom is 0.224 e. The van der Waals surface area contributed by atoms with Gasteiger partial charge < -0.3 is 19.8 Å². The average molecular weight is 372 g/mol. The molecule has 0 aromatic carbocycles. The van der Waals surface area contributed by atoms with Crippen LogP contribution in [0.25, 0.3) is 5.52 Å². The second-order valence-corrected chi connectivity index (χ2v) is 9.45. The summed E-state index contributed by atoms with van der Waals surface area (Å²) in [6, 6.07) is 4.18. The molecule has 7 heteroatoms. The fourth-order valence-corrected chi connectivity index (χ4v) is 5.39. The molecule has 1 saturated carbocycles. The Kier molecular flexibility index (Phi) is 3.81. The number of piperidine rings is 1. The van der Waals surface area contributed by atoms with E-state index in [0.29, 0.717) is 17.1 Å². The minimum absolute atomic E-state index is 0.167. The molecule has 5 rings (SSSR count). The SMILES string of the molecule is CC(C)(NC(=O)[C@H]1[C@@H]2CNC[C@@H]21)c1ncc2c(SC3COC3)cccn12. The van der Waals surface area contributed by atoms with Crippen LogP contribution in [0.2, 0.25) is 0 Å². The molecule has 1 aliphatic carbocycles. The number of hydrogen-bond donors (Lipinski definition) is 2. The summed E-state index contributed by atoms with van der Waals surface area (Å²) in [5.74, 6) is 2.26. The molecule has 0 unspecified atom stereocenters. The lowest BCUT2D eigenvalue weighted by atomic mass is 10.0. The van der Waals surface area contributed by atoms with Crippen LogP contribution in [0, 0.1) is 17.8 Å². The quantitative estimate of drug-likeness (QED) is 0.835. The fourth-order valence-electron chi connectivity index (χ4n) is 4.27. The van der Waals surface area contributed by atoms with Gasteiger partial charge in [0.25, 0.3) is 0 Å². The van der Waals surface area contributed by atoms with E-state index in [1.807, 2.05) is 38.0 Å². The zero-order valence-electron chi connectivity index (χ0n) is 15.1. The Morgan fingerprint density at radius 2 is 2.15 bits per heavy atom. The third-order valence-corrected chi connectivity index (χ3v) is 7.03. The third-order valence-electron chi connectivity index (χ3n) is 5.82. The van der Waals surface area contributed by atoms with Gasteiger partial charge in [-0.25, -0.2) is 4.98 Å². The standard InChI is InChI=1S/C19H24N4O2S/c1-19(2,22-17(24)16-12-6-20-7-13(12)16)18-21-8-14-15(4-3-5-23(14)18)26-11-9-25-10-11/h3-5,8,11-13,16,20H,6-7,9-10H2,1-2H3,(H,22,24)/t12-,13+,16+. The van der Waals surface area contributed by atoms with Crippen molar-refractivity contribution in [3.63, 3.8) is 0 Å². The number of amides is 1. The minimum Gasteiger partial charge on any atom is -0.379 e. The number of carbonyl (C=O) groups is 1. The minimum atomic E-state index is -0.517. The van der Waals surface area contributed by atoms with Gasteiger partial charge in [-0.1, -0.05) is 0 Å². The van der Waals surface area contributed by atoms with Crippen molar-refractivity contribution < 1.29 is 9.53 Å². The van der Waals surface area contributed by atoms with Crippen molar-refractivity contribution in [3.05, 3.63) is 30.4 Å². The normalized spacial score (nSPS) is 28.0. The number of imidazole rings is 1. The molecule has 2 N–H and O–H groups in total. The van der Waals surface area contributed by atoms with Crippen LogP contribution in [0.1, 0.15) is 19.7 Å². The van der Waals surface area contributed by atoms with E-state index in [4.69, 9.17) is 4.74 Å². The lowest BCUT2D eigenvalue weighted by molar-refractivity contribution is -0.124. The second-order valence-electron chi connectivity index (χ2n) is 8.11. The first-order valence-electron chi connectivity index (χ1n) is 9.28. The van der Waals surface area contributed by atoms with Gasteiger partial charge in [0.1, 0.15) is 5.82 Å². The first kappa shape index (κ1) is 16.6. The number of nitrogens with one attached hydrogen (secondary N) is 2. The summed E-state index contributed by atoms with van der Waals surface area (Å²) in [5.41, 5.74) is 0.575. The van der Waals surface area contributed by atoms with E-state index in [-0.39, 0.29) is 11.8 Å². The zero-order chi connectivity index (χ0) is 17.9. The number of pyridine rings is 1. The van der Waals surface area contributed by atoms with Gasteiger partial charge in [-0.2, -0.15) is 0 Å². The molecule has 6 nitrogen and oxygen atoms in total. The molecule has 3 aliphatic rings. The topological polar surface area (TPSA) is 67.7 Å². The van der Waals surface area contributed by atoms with Crippen molar-refractivity contribution in [2.24, 2.45) is 17.8 Å². The highest BCUT2D eigenvalue weighted by molar-refractivity contribution is 8.00. The molecule has 3 fully saturated rings. The Balaban J connectivity index is 1.38. The maximum atomic E-state index is 12.7. The van der Waals surface area contributed by atoms with Gasteiger partial charge in [-0.3, -0.25) is 4.79 Å². The van der Waals surface area contributed by atoms with Gasteiger partial charge in [-0.05, 0) is 50.9 Å². The number of hydrogen-bond acceptors (Lipinski definition) is 5. The number of thioether (sulfide) groups is 1. The Morgan fingerprint density at radius 1 is 1.38 bits per heavy atom. The van der Waals surface area contributed by atoms with Crippen LogP contribution in [0.3, 0.4) is 0 Å². The van der Waals surface area contributed by atoms with Crippen LogP contribution in [-0.2, 0) is 15.1 Å². The largest absolute Gasteiger partial charge is 0.379 e. The predicted molar refractivity (Wildman–Crippen MR) is 100 cm³/mol. The molecule has 0 radical (unpaired) electrons. The van der Waals surface area contributed by atoms with E-state index in [9.17, 15) is 4.79 Å². The third kappa shape index (κ3) is 2.64. The van der Waals surface area contributed by atoms with Crippen LogP contribution in [-0.4, -0.2) is 46.8 Å². The summed E-state index contributed by atoms with van der Waals surface area (Å²) in [6.45, 7) is 7.65. The van der Waals surface area contributed by atoms with E-state index < -0.39 is 5.54 Å². The van der Waals surface area contributed by atoms with Gasteiger partial charge in [0.15, 0.2) is 0 Å². The Bertz CT molecular complexity index is 850. The predicted octanol–water partition coefficient (Wildman–Crippen LogP) is 1.64. The van der Waals surface area contributed by atoms with E-state index in [2.05, 4.69) is 32.2 Å². The van der Waals surface area contributed by atoms with Crippen molar-refractivity contribution in [1.29, 1.82) is 0 Å². The molecule has 2 saturated heterocycles. The van der Waals surface area contributed by atoms with Gasteiger partial charge in [0.05, 0.1) is 35.7 Å². The molecule has 26 heavy (non-hydrogen) atoms. The van der Waals surface area contributed by atoms with E-state index in [0.717, 1.165) is 37.6 Å². The van der Waals surface area contributed by atoms with Gasteiger partial charge in [0, 0.05) is 17.0 Å². The second kappa shape index (κ2) is 5.97. The highest BCUT2D eigenvalue weighted by Gasteiger charge is 2.57. The van der Waals surface area contributed by atoms with Crippen LogP contribution < -0.4 is 10.6 Å². The van der Waals surface area contributed by atoms with Gasteiger partial charge in [0.2, 0.25) is 5.91 Å². The van der Waals surface area contributed by atoms with Crippen molar-refractivity contribution in [2.45, 2.75) is 29.5 Å². The molecule has 1 amide bonds. The summed E-state index contributed by atoms with van der Waals surface area (Å²) in [7, 11) is 0. The average Bonchev–Trinajstić information content (AvgIpc) is 2.93. The molecule has 0 bridgehead atoms. The zero-order valence-corrected chi connectivity index (χ0v) is 15.9. The van der Waals surface area contributed by atoms with E-state index in [1.54, 1.807) is 0 Å². The van der Waals surface area contributed by atoms with Crippen LogP contribution in [0.4, 0.5) is 0 Å². The van der Waals surface area contributed by atoms with E-state index in [1.165, 1.54) is 4.90 Å². The molecule has 0 spiro atoms. The molecular formula is C19H24N4O2S. The maximum absolute atomic E-state index is 12.7. The summed E-state index contributed by atoms with van der Waals surface area (Å²) in [4.78, 5) is 18.6. The summed E-state index contributed by atoms with van der Waals surface area (Å²) < 4.78 is 7.40. The molecule has 2 aromatic heterocycles. The molecule has 138 valence electrons. The number of aromatic nitrogens is 2. The number of fused-ring (bicyclic) bond motifs is 2. The fraction of sp³-hybridized carbons (Fsp3) is 0.579. The van der Waals surface area contributed by atoms with Crippen molar-refractivity contribution >= 4 is 23.2 Å². The highest BCUT2D eigenvalue weighted by Crippen LogP contribution is 2.49. The molecule has 3 atom stereocenters. The smallest absolute Gasteiger partial charge is 0.224 e. The lowest BCUT2D eigenvalue weighted by Gasteiger charge is -2.27. The first-order chi connectivity index (χ1) is 12.5. The lowest BCUT2D eigenvalue weighted by Crippen LogP contribution is -2.44. The number of rotatable bonds is 5. The summed E-state index contributed by atoms with van der Waals surface area (Å²) >= 11 is 1.84. The number of nitrogens with zero attached hydrogens (tertiary/aromatic N) is 2. The number of carbonyl (C=O) groups excluding carboxylic acids is 1. The summed E-state index contributed by atoms with van der Waals surface area (Å²) in [6.07, 6.45) is 3.95.